The van der Waals surface area contributed by atoms with Crippen LogP contribution in [0, 0.1) is 10.1 Å². The van der Waals surface area contributed by atoms with Crippen molar-refractivity contribution in [1.29, 1.82) is 0 Å². The van der Waals surface area contributed by atoms with Crippen LogP contribution in [0.3, 0.4) is 0 Å². The van der Waals surface area contributed by atoms with Crippen molar-refractivity contribution in [2.75, 3.05) is 0 Å². The van der Waals surface area contributed by atoms with Crippen molar-refractivity contribution in [2.45, 2.75) is 43.1 Å². The van der Waals surface area contributed by atoms with E-state index in [-0.39, 0.29) is 16.2 Å². The second-order valence-corrected chi connectivity index (χ2v) is 8.67. The molecule has 2 aromatic rings. The molecule has 0 spiro atoms. The van der Waals surface area contributed by atoms with E-state index in [0.29, 0.717) is 28.4 Å². The highest BCUT2D eigenvalue weighted by Gasteiger charge is 2.27. The molecule has 0 saturated heterocycles. The van der Waals surface area contributed by atoms with E-state index >= 15 is 0 Å². The Labute approximate surface area is 188 Å². The summed E-state index contributed by atoms with van der Waals surface area (Å²) in [4.78, 5) is 29.1. The lowest BCUT2D eigenvalue weighted by atomic mass is 10.1. The number of aromatic nitrogens is 4. The summed E-state index contributed by atoms with van der Waals surface area (Å²) in [5.41, 5.74) is 2.84. The SMILES string of the molecule is O=c1c2c3n(c(SCc4ccccc4[N+](=O)[O-])nc-2nn1-c1ccccc1)CCCCC3. The zero-order valence-corrected chi connectivity index (χ0v) is 18.1. The maximum absolute atomic E-state index is 13.3. The Bertz CT molecular complexity index is 1320. The molecular weight excluding hydrogens is 426 g/mol. The van der Waals surface area contributed by atoms with Crippen molar-refractivity contribution in [2.24, 2.45) is 0 Å². The summed E-state index contributed by atoms with van der Waals surface area (Å²) in [6, 6.07) is 16.1. The molecular formula is C23H21N5O3S. The van der Waals surface area contributed by atoms with Gasteiger partial charge in [0.05, 0.1) is 10.6 Å². The van der Waals surface area contributed by atoms with Crippen molar-refractivity contribution >= 4 is 17.4 Å². The molecule has 3 aliphatic rings. The third-order valence-corrected chi connectivity index (χ3v) is 6.74. The van der Waals surface area contributed by atoms with E-state index in [0.717, 1.165) is 43.1 Å². The molecule has 2 aromatic carbocycles. The third-order valence-electron chi connectivity index (χ3n) is 5.71. The molecule has 0 fully saturated rings. The molecule has 0 saturated carbocycles. The fraction of sp³-hybridized carbons (Fsp3) is 0.261. The Balaban J connectivity index is 1.61. The van der Waals surface area contributed by atoms with Crippen molar-refractivity contribution < 1.29 is 4.92 Å². The van der Waals surface area contributed by atoms with Gasteiger partial charge in [0.1, 0.15) is 5.56 Å². The van der Waals surface area contributed by atoms with Crippen LogP contribution in [0.5, 0.6) is 0 Å². The number of para-hydroxylation sites is 2. The largest absolute Gasteiger partial charge is 0.324 e. The highest BCUT2D eigenvalue weighted by atomic mass is 32.2. The summed E-state index contributed by atoms with van der Waals surface area (Å²) in [7, 11) is 0. The summed E-state index contributed by atoms with van der Waals surface area (Å²) in [5.74, 6) is 0.843. The zero-order chi connectivity index (χ0) is 22.1. The number of nitro benzene ring substituents is 1. The first kappa shape index (κ1) is 20.4. The highest BCUT2D eigenvalue weighted by molar-refractivity contribution is 7.98. The molecule has 0 bridgehead atoms. The van der Waals surface area contributed by atoms with E-state index in [1.807, 2.05) is 30.3 Å². The number of nitrogens with zero attached hydrogens (tertiary/aromatic N) is 5. The minimum absolute atomic E-state index is 0.104. The van der Waals surface area contributed by atoms with Gasteiger partial charge in [0.25, 0.3) is 11.2 Å². The summed E-state index contributed by atoms with van der Waals surface area (Å²) in [6.45, 7) is 0.771. The van der Waals surface area contributed by atoms with Crippen LogP contribution in [0.15, 0.2) is 64.5 Å². The first-order chi connectivity index (χ1) is 15.6. The lowest BCUT2D eigenvalue weighted by Crippen LogP contribution is -2.19. The van der Waals surface area contributed by atoms with Crippen LogP contribution in [0.2, 0.25) is 0 Å². The summed E-state index contributed by atoms with van der Waals surface area (Å²) < 4.78 is 3.53. The van der Waals surface area contributed by atoms with Crippen LogP contribution in [-0.2, 0) is 18.7 Å². The maximum atomic E-state index is 13.3. The molecule has 0 radical (unpaired) electrons. The highest BCUT2D eigenvalue weighted by Crippen LogP contribution is 2.33. The van der Waals surface area contributed by atoms with Crippen LogP contribution in [0.4, 0.5) is 5.69 Å². The van der Waals surface area contributed by atoms with Crippen LogP contribution in [0.1, 0.15) is 30.5 Å². The summed E-state index contributed by atoms with van der Waals surface area (Å²) >= 11 is 1.45. The summed E-state index contributed by atoms with van der Waals surface area (Å²) in [5, 5.41) is 16.7. The number of thioether (sulfide) groups is 1. The van der Waals surface area contributed by atoms with Gasteiger partial charge in [-0.05, 0) is 31.4 Å². The smallest absolute Gasteiger partial charge is 0.284 e. The van der Waals surface area contributed by atoms with Gasteiger partial charge in [-0.3, -0.25) is 14.9 Å². The lowest BCUT2D eigenvalue weighted by molar-refractivity contribution is -0.385. The van der Waals surface area contributed by atoms with Gasteiger partial charge in [-0.1, -0.05) is 54.6 Å². The normalized spacial score (nSPS) is 13.6. The maximum Gasteiger partial charge on any atom is 0.284 e. The fourth-order valence-electron chi connectivity index (χ4n) is 4.16. The minimum Gasteiger partial charge on any atom is -0.324 e. The number of nitro groups is 1. The molecule has 0 N–H and O–H groups in total. The predicted molar refractivity (Wildman–Crippen MR) is 122 cm³/mol. The van der Waals surface area contributed by atoms with Gasteiger partial charge in [0, 0.05) is 29.6 Å². The van der Waals surface area contributed by atoms with Crippen LogP contribution in [-0.4, -0.2) is 24.3 Å². The van der Waals surface area contributed by atoms with E-state index in [1.54, 1.807) is 18.2 Å². The lowest BCUT2D eigenvalue weighted by Gasteiger charge is -2.17. The van der Waals surface area contributed by atoms with Gasteiger partial charge in [0.2, 0.25) is 0 Å². The number of benzene rings is 2. The van der Waals surface area contributed by atoms with Crippen LogP contribution >= 0.6 is 11.8 Å². The van der Waals surface area contributed by atoms with Crippen LogP contribution < -0.4 is 5.56 Å². The predicted octanol–water partition coefficient (Wildman–Crippen LogP) is 4.46. The van der Waals surface area contributed by atoms with E-state index in [2.05, 4.69) is 9.67 Å². The number of hydrogen-bond donors (Lipinski definition) is 0. The first-order valence-electron chi connectivity index (χ1n) is 10.6. The molecule has 3 heterocycles. The average molecular weight is 448 g/mol. The third kappa shape index (κ3) is 3.69. The number of hydrogen-bond acceptors (Lipinski definition) is 6. The van der Waals surface area contributed by atoms with E-state index in [1.165, 1.54) is 22.5 Å². The number of fused-ring (bicyclic) bond motifs is 3. The van der Waals surface area contributed by atoms with Crippen LogP contribution in [0.25, 0.3) is 17.1 Å². The Morgan fingerprint density at radius 1 is 1.03 bits per heavy atom. The molecule has 9 heteroatoms. The standard InChI is InChI=1S/C23H21N5O3S/c29-22-20-19-13-5-2-8-14-26(19)23(32-15-16-9-6-7-12-18(16)28(30)31)24-21(20)25-27(22)17-10-3-1-4-11-17/h1,3-4,6-7,9-12H,2,5,8,13-15H2. The second-order valence-electron chi connectivity index (χ2n) is 7.73. The second kappa shape index (κ2) is 8.58. The van der Waals surface area contributed by atoms with E-state index in [9.17, 15) is 14.9 Å². The first-order valence-corrected chi connectivity index (χ1v) is 11.5. The molecule has 32 heavy (non-hydrogen) atoms. The average Bonchev–Trinajstić information content (AvgIpc) is 2.98. The van der Waals surface area contributed by atoms with Crippen molar-refractivity contribution in [3.05, 3.63) is 86.3 Å². The Kier molecular flexibility index (Phi) is 5.48. The van der Waals surface area contributed by atoms with Gasteiger partial charge < -0.3 is 4.57 Å². The summed E-state index contributed by atoms with van der Waals surface area (Å²) in [6.07, 6.45) is 3.88. The molecule has 0 amide bonds. The molecule has 8 nitrogen and oxygen atoms in total. The molecule has 5 rings (SSSR count). The molecule has 0 unspecified atom stereocenters. The van der Waals surface area contributed by atoms with Gasteiger partial charge in [-0.25, -0.2) is 4.98 Å². The molecule has 0 atom stereocenters. The van der Waals surface area contributed by atoms with E-state index in [4.69, 9.17) is 4.98 Å². The molecule has 0 aliphatic carbocycles. The van der Waals surface area contributed by atoms with Gasteiger partial charge >= 0.3 is 0 Å². The Hall–Kier alpha value is -3.46. The Morgan fingerprint density at radius 2 is 1.81 bits per heavy atom. The van der Waals surface area contributed by atoms with Crippen molar-refractivity contribution in [1.82, 2.24) is 19.3 Å². The fourth-order valence-corrected chi connectivity index (χ4v) is 5.20. The van der Waals surface area contributed by atoms with Gasteiger partial charge in [-0.2, -0.15) is 4.68 Å². The van der Waals surface area contributed by atoms with Crippen molar-refractivity contribution in [3.8, 4) is 17.1 Å². The quantitative estimate of drug-likeness (QED) is 0.194. The van der Waals surface area contributed by atoms with Crippen molar-refractivity contribution in [3.63, 3.8) is 0 Å². The van der Waals surface area contributed by atoms with Gasteiger partial charge in [-0.15, -0.1) is 5.10 Å². The molecule has 3 aliphatic heterocycles. The Morgan fingerprint density at radius 3 is 2.62 bits per heavy atom. The molecule has 0 aromatic heterocycles. The number of rotatable bonds is 5. The minimum atomic E-state index is -0.356. The molecule has 162 valence electrons. The van der Waals surface area contributed by atoms with E-state index < -0.39 is 0 Å². The van der Waals surface area contributed by atoms with Gasteiger partial charge in [0.15, 0.2) is 11.0 Å². The zero-order valence-electron chi connectivity index (χ0n) is 17.3. The topological polar surface area (TPSA) is 95.8 Å². The monoisotopic (exact) mass is 447 g/mol.